The lowest BCUT2D eigenvalue weighted by Crippen LogP contribution is -2.43. The van der Waals surface area contributed by atoms with E-state index in [0.29, 0.717) is 17.5 Å². The summed E-state index contributed by atoms with van der Waals surface area (Å²) in [5, 5.41) is 0. The molecule has 3 unspecified atom stereocenters. The predicted molar refractivity (Wildman–Crippen MR) is 92.2 cm³/mol. The third-order valence-corrected chi connectivity index (χ3v) is 7.07. The Kier molecular flexibility index (Phi) is 5.01. The lowest BCUT2D eigenvalue weighted by Gasteiger charge is -2.34. The highest BCUT2D eigenvalue weighted by Crippen LogP contribution is 2.30. The van der Waals surface area contributed by atoms with Gasteiger partial charge >= 0.3 is 0 Å². The van der Waals surface area contributed by atoms with E-state index >= 15 is 0 Å². The van der Waals surface area contributed by atoms with Crippen LogP contribution in [-0.2, 0) is 10.0 Å². The molecule has 6 nitrogen and oxygen atoms in total. The van der Waals surface area contributed by atoms with E-state index in [1.807, 2.05) is 0 Å². The summed E-state index contributed by atoms with van der Waals surface area (Å²) in [5.41, 5.74) is 0.349. The number of amides is 1. The molecule has 0 aromatic carbocycles. The Hall–Kier alpha value is -1.34. The van der Waals surface area contributed by atoms with Gasteiger partial charge in [-0.05, 0) is 37.2 Å². The monoisotopic (exact) mass is 353 g/mol. The highest BCUT2D eigenvalue weighted by molar-refractivity contribution is 7.89. The molecular weight excluding hydrogens is 326 g/mol. The SMILES string of the molecule is CC1CCCC(NS(=O)(=O)c2c[nH]c(C(=O)N3CCCC3)c2)C1C. The summed E-state index contributed by atoms with van der Waals surface area (Å²) in [6.07, 6.45) is 6.51. The number of carbonyl (C=O) groups excluding carboxylic acids is 1. The fraction of sp³-hybridized carbons (Fsp3) is 0.706. The van der Waals surface area contributed by atoms with Crippen molar-refractivity contribution < 1.29 is 13.2 Å². The summed E-state index contributed by atoms with van der Waals surface area (Å²) in [6, 6.07) is 1.42. The van der Waals surface area contributed by atoms with Crippen molar-refractivity contribution in [3.63, 3.8) is 0 Å². The van der Waals surface area contributed by atoms with Crippen LogP contribution in [0.25, 0.3) is 0 Å². The fourth-order valence-electron chi connectivity index (χ4n) is 3.76. The number of likely N-dealkylation sites (tertiary alicyclic amines) is 1. The second kappa shape index (κ2) is 6.88. The van der Waals surface area contributed by atoms with Crippen LogP contribution in [0.3, 0.4) is 0 Å². The first-order valence-corrected chi connectivity index (χ1v) is 10.4. The summed E-state index contributed by atoms with van der Waals surface area (Å²) >= 11 is 0. The second-order valence-electron chi connectivity index (χ2n) is 7.24. The topological polar surface area (TPSA) is 82.3 Å². The van der Waals surface area contributed by atoms with Crippen molar-refractivity contribution in [1.29, 1.82) is 0 Å². The summed E-state index contributed by atoms with van der Waals surface area (Å²) in [6.45, 7) is 5.77. The molecule has 134 valence electrons. The Labute approximate surface area is 144 Å². The molecule has 0 radical (unpaired) electrons. The van der Waals surface area contributed by atoms with E-state index in [1.165, 1.54) is 12.3 Å². The van der Waals surface area contributed by atoms with Crippen LogP contribution >= 0.6 is 0 Å². The largest absolute Gasteiger partial charge is 0.356 e. The van der Waals surface area contributed by atoms with Gasteiger partial charge in [0.25, 0.3) is 5.91 Å². The lowest BCUT2D eigenvalue weighted by molar-refractivity contribution is 0.0787. The standard InChI is InChI=1S/C17H27N3O3S/c1-12-6-5-7-15(13(12)2)19-24(22,23)14-10-16(18-11-14)17(21)20-8-3-4-9-20/h10-13,15,18-19H,3-9H2,1-2H3. The molecule has 1 aliphatic carbocycles. The van der Waals surface area contributed by atoms with Crippen LogP contribution in [0.2, 0.25) is 0 Å². The second-order valence-corrected chi connectivity index (χ2v) is 8.96. The van der Waals surface area contributed by atoms with Gasteiger partial charge in [-0.2, -0.15) is 0 Å². The van der Waals surface area contributed by atoms with E-state index in [1.54, 1.807) is 4.90 Å². The van der Waals surface area contributed by atoms with Gasteiger partial charge in [-0.15, -0.1) is 0 Å². The minimum absolute atomic E-state index is 0.0358. The first-order valence-electron chi connectivity index (χ1n) is 8.88. The number of H-pyrrole nitrogens is 1. The first kappa shape index (κ1) is 17.5. The molecule has 1 aromatic heterocycles. The van der Waals surface area contributed by atoms with Gasteiger partial charge < -0.3 is 9.88 Å². The highest BCUT2D eigenvalue weighted by Gasteiger charge is 2.31. The van der Waals surface area contributed by atoms with Crippen molar-refractivity contribution in [3.8, 4) is 0 Å². The maximum absolute atomic E-state index is 12.7. The van der Waals surface area contributed by atoms with E-state index in [9.17, 15) is 13.2 Å². The Bertz CT molecular complexity index is 692. The van der Waals surface area contributed by atoms with Crippen LogP contribution in [0, 0.1) is 11.8 Å². The Morgan fingerprint density at radius 3 is 2.62 bits per heavy atom. The summed E-state index contributed by atoms with van der Waals surface area (Å²) in [7, 11) is -3.60. The zero-order valence-electron chi connectivity index (χ0n) is 14.4. The van der Waals surface area contributed by atoms with E-state index in [-0.39, 0.29) is 16.8 Å². The van der Waals surface area contributed by atoms with Gasteiger partial charge in [0.05, 0.1) is 0 Å². The molecule has 24 heavy (non-hydrogen) atoms. The van der Waals surface area contributed by atoms with Crippen LogP contribution in [0.5, 0.6) is 0 Å². The van der Waals surface area contributed by atoms with Crippen LogP contribution in [-0.4, -0.2) is 43.3 Å². The Balaban J connectivity index is 1.72. The van der Waals surface area contributed by atoms with Gasteiger partial charge in [-0.25, -0.2) is 13.1 Å². The quantitative estimate of drug-likeness (QED) is 0.872. The number of aromatic amines is 1. The van der Waals surface area contributed by atoms with E-state index < -0.39 is 10.0 Å². The van der Waals surface area contributed by atoms with Gasteiger partial charge in [0.2, 0.25) is 10.0 Å². The number of aromatic nitrogens is 1. The van der Waals surface area contributed by atoms with Crippen LogP contribution in [0.15, 0.2) is 17.2 Å². The molecule has 0 bridgehead atoms. The number of hydrogen-bond acceptors (Lipinski definition) is 3. The predicted octanol–water partition coefficient (Wildman–Crippen LogP) is 2.35. The normalized spacial score (nSPS) is 28.2. The van der Waals surface area contributed by atoms with Crippen molar-refractivity contribution in [2.75, 3.05) is 13.1 Å². The van der Waals surface area contributed by atoms with Gasteiger partial charge in [0, 0.05) is 25.3 Å². The average Bonchev–Trinajstić information content (AvgIpc) is 3.22. The zero-order valence-corrected chi connectivity index (χ0v) is 15.2. The third kappa shape index (κ3) is 3.52. The maximum Gasteiger partial charge on any atom is 0.270 e. The lowest BCUT2D eigenvalue weighted by atomic mass is 9.78. The highest BCUT2D eigenvalue weighted by atomic mass is 32.2. The number of nitrogens with one attached hydrogen (secondary N) is 2. The Morgan fingerprint density at radius 1 is 1.21 bits per heavy atom. The van der Waals surface area contributed by atoms with Crippen LogP contribution in [0.4, 0.5) is 0 Å². The van der Waals surface area contributed by atoms with Gasteiger partial charge in [0.1, 0.15) is 10.6 Å². The van der Waals surface area contributed by atoms with Gasteiger partial charge in [-0.1, -0.05) is 26.7 Å². The smallest absolute Gasteiger partial charge is 0.270 e. The number of hydrogen-bond donors (Lipinski definition) is 2. The molecule has 7 heteroatoms. The fourth-order valence-corrected chi connectivity index (χ4v) is 5.11. The molecule has 3 rings (SSSR count). The zero-order chi connectivity index (χ0) is 17.3. The maximum atomic E-state index is 12.7. The molecule has 1 saturated heterocycles. The summed E-state index contributed by atoms with van der Waals surface area (Å²) in [4.78, 5) is 17.1. The number of sulfonamides is 1. The first-order chi connectivity index (χ1) is 11.4. The van der Waals surface area contributed by atoms with Crippen molar-refractivity contribution in [2.45, 2.75) is 56.9 Å². The number of rotatable bonds is 4. The molecule has 1 amide bonds. The van der Waals surface area contributed by atoms with Crippen molar-refractivity contribution >= 4 is 15.9 Å². The molecule has 2 N–H and O–H groups in total. The van der Waals surface area contributed by atoms with Crippen molar-refractivity contribution in [2.24, 2.45) is 11.8 Å². The molecule has 2 heterocycles. The van der Waals surface area contributed by atoms with Gasteiger partial charge in [-0.3, -0.25) is 4.79 Å². The molecule has 3 atom stereocenters. The molecule has 1 aliphatic heterocycles. The molecule has 1 aromatic rings. The molecule has 2 aliphatic rings. The summed E-state index contributed by atoms with van der Waals surface area (Å²) < 4.78 is 28.1. The van der Waals surface area contributed by atoms with Crippen molar-refractivity contribution in [1.82, 2.24) is 14.6 Å². The van der Waals surface area contributed by atoms with Crippen LogP contribution < -0.4 is 4.72 Å². The van der Waals surface area contributed by atoms with Crippen LogP contribution in [0.1, 0.15) is 56.4 Å². The van der Waals surface area contributed by atoms with E-state index in [4.69, 9.17) is 0 Å². The summed E-state index contributed by atoms with van der Waals surface area (Å²) in [5.74, 6) is 0.719. The molecule has 0 spiro atoms. The van der Waals surface area contributed by atoms with E-state index in [0.717, 1.165) is 45.2 Å². The van der Waals surface area contributed by atoms with Crippen molar-refractivity contribution in [3.05, 3.63) is 18.0 Å². The average molecular weight is 353 g/mol. The number of nitrogens with zero attached hydrogens (tertiary/aromatic N) is 1. The van der Waals surface area contributed by atoms with E-state index in [2.05, 4.69) is 23.6 Å². The minimum Gasteiger partial charge on any atom is -0.356 e. The molecule has 1 saturated carbocycles. The third-order valence-electron chi connectivity index (χ3n) is 5.60. The number of carbonyl (C=O) groups is 1. The van der Waals surface area contributed by atoms with Gasteiger partial charge in [0.15, 0.2) is 0 Å². The molecule has 2 fully saturated rings. The molecular formula is C17H27N3O3S. The Morgan fingerprint density at radius 2 is 1.92 bits per heavy atom. The minimum atomic E-state index is -3.60.